The predicted molar refractivity (Wildman–Crippen MR) is 103 cm³/mol. The van der Waals surface area contributed by atoms with Gasteiger partial charge in [-0.05, 0) is 48.5 Å². The van der Waals surface area contributed by atoms with Gasteiger partial charge in [0, 0.05) is 18.1 Å². The SMILES string of the molecule is COc1ccc(N(c2ccccc2C(=O)Nc2ccncc2)S(=O)[O-])cc1. The summed E-state index contributed by atoms with van der Waals surface area (Å²) >= 11 is -2.63. The molecule has 0 fully saturated rings. The summed E-state index contributed by atoms with van der Waals surface area (Å²) in [7, 11) is 1.53. The van der Waals surface area contributed by atoms with E-state index in [1.54, 1.807) is 73.1 Å². The molecular formula is C19H16N3O4S-. The number of hydrogen-bond acceptors (Lipinski definition) is 5. The van der Waals surface area contributed by atoms with Crippen molar-refractivity contribution in [2.45, 2.75) is 0 Å². The first-order valence-corrected chi connectivity index (χ1v) is 8.97. The third-order valence-corrected chi connectivity index (χ3v) is 4.47. The molecule has 0 aliphatic heterocycles. The van der Waals surface area contributed by atoms with Gasteiger partial charge in [0.2, 0.25) is 0 Å². The van der Waals surface area contributed by atoms with Gasteiger partial charge >= 0.3 is 0 Å². The molecule has 1 aromatic heterocycles. The van der Waals surface area contributed by atoms with Crippen LogP contribution < -0.4 is 14.4 Å². The van der Waals surface area contributed by atoms with Crippen molar-refractivity contribution in [1.29, 1.82) is 0 Å². The molecule has 8 heteroatoms. The van der Waals surface area contributed by atoms with E-state index in [-0.39, 0.29) is 11.3 Å². The second-order valence-corrected chi connectivity index (χ2v) is 6.22. The van der Waals surface area contributed by atoms with Crippen molar-refractivity contribution in [2.75, 3.05) is 16.7 Å². The van der Waals surface area contributed by atoms with Crippen molar-refractivity contribution in [3.8, 4) is 5.75 Å². The van der Waals surface area contributed by atoms with Gasteiger partial charge in [0.05, 0.1) is 35.3 Å². The van der Waals surface area contributed by atoms with E-state index < -0.39 is 17.2 Å². The first-order chi connectivity index (χ1) is 13.1. The molecule has 0 saturated carbocycles. The topological polar surface area (TPSA) is 94.6 Å². The van der Waals surface area contributed by atoms with Gasteiger partial charge in [0.15, 0.2) is 0 Å². The Morgan fingerprint density at radius 3 is 2.37 bits per heavy atom. The van der Waals surface area contributed by atoms with Crippen LogP contribution in [0.3, 0.4) is 0 Å². The van der Waals surface area contributed by atoms with Gasteiger partial charge in [-0.25, -0.2) is 0 Å². The largest absolute Gasteiger partial charge is 0.755 e. The molecule has 3 rings (SSSR count). The number of anilines is 3. The molecule has 1 N–H and O–H groups in total. The molecule has 3 aromatic rings. The number of benzene rings is 2. The van der Waals surface area contributed by atoms with Crippen LogP contribution in [-0.2, 0) is 11.3 Å². The maximum absolute atomic E-state index is 12.7. The zero-order valence-corrected chi connectivity index (χ0v) is 15.2. The van der Waals surface area contributed by atoms with E-state index in [1.165, 1.54) is 7.11 Å². The van der Waals surface area contributed by atoms with Gasteiger partial charge in [-0.3, -0.25) is 18.3 Å². The van der Waals surface area contributed by atoms with E-state index in [2.05, 4.69) is 10.3 Å². The average molecular weight is 382 g/mol. The molecule has 1 amide bonds. The second-order valence-electron chi connectivity index (χ2n) is 5.42. The third-order valence-electron chi connectivity index (χ3n) is 3.76. The zero-order chi connectivity index (χ0) is 19.2. The molecule has 0 aliphatic carbocycles. The summed E-state index contributed by atoms with van der Waals surface area (Å²) in [5.41, 5.74) is 1.40. The Labute approximate surface area is 159 Å². The summed E-state index contributed by atoms with van der Waals surface area (Å²) in [4.78, 5) is 16.6. The van der Waals surface area contributed by atoms with Crippen molar-refractivity contribution in [3.05, 3.63) is 78.6 Å². The van der Waals surface area contributed by atoms with Gasteiger partial charge in [0.1, 0.15) is 5.75 Å². The molecule has 0 saturated heterocycles. The molecule has 27 heavy (non-hydrogen) atoms. The van der Waals surface area contributed by atoms with Gasteiger partial charge in [-0.2, -0.15) is 0 Å². The van der Waals surface area contributed by atoms with Crippen LogP contribution in [0.15, 0.2) is 73.1 Å². The smallest absolute Gasteiger partial charge is 0.257 e. The quantitative estimate of drug-likeness (QED) is 0.660. The van der Waals surface area contributed by atoms with E-state index in [0.717, 1.165) is 4.31 Å². The Kier molecular flexibility index (Phi) is 5.80. The molecule has 0 radical (unpaired) electrons. The van der Waals surface area contributed by atoms with Crippen molar-refractivity contribution in [2.24, 2.45) is 0 Å². The highest BCUT2D eigenvalue weighted by atomic mass is 32.2. The van der Waals surface area contributed by atoms with E-state index in [9.17, 15) is 13.6 Å². The van der Waals surface area contributed by atoms with Crippen molar-refractivity contribution in [3.63, 3.8) is 0 Å². The number of pyridine rings is 1. The maximum atomic E-state index is 12.7. The van der Waals surface area contributed by atoms with Crippen LogP contribution in [0.2, 0.25) is 0 Å². The summed E-state index contributed by atoms with van der Waals surface area (Å²) in [6.45, 7) is 0. The average Bonchev–Trinajstić information content (AvgIpc) is 2.69. The van der Waals surface area contributed by atoms with Gasteiger partial charge < -0.3 is 14.6 Å². The number of ether oxygens (including phenoxy) is 1. The Bertz CT molecular complexity index is 949. The van der Waals surface area contributed by atoms with Crippen LogP contribution in [0.1, 0.15) is 10.4 Å². The summed E-state index contributed by atoms with van der Waals surface area (Å²) in [5.74, 6) is 0.167. The molecule has 0 spiro atoms. The highest BCUT2D eigenvalue weighted by Crippen LogP contribution is 2.31. The van der Waals surface area contributed by atoms with Crippen molar-refractivity contribution < 1.29 is 18.3 Å². The molecule has 138 valence electrons. The molecule has 7 nitrogen and oxygen atoms in total. The van der Waals surface area contributed by atoms with Crippen molar-refractivity contribution >= 4 is 34.2 Å². The van der Waals surface area contributed by atoms with Crippen LogP contribution in [0.4, 0.5) is 17.1 Å². The van der Waals surface area contributed by atoms with Crippen LogP contribution in [-0.4, -0.2) is 26.8 Å². The first-order valence-electron chi connectivity index (χ1n) is 7.94. The third kappa shape index (κ3) is 4.30. The van der Waals surface area contributed by atoms with Crippen LogP contribution in [0.5, 0.6) is 5.75 Å². The van der Waals surface area contributed by atoms with E-state index in [0.29, 0.717) is 17.1 Å². The number of hydrogen-bond donors (Lipinski definition) is 1. The Balaban J connectivity index is 1.98. The monoisotopic (exact) mass is 382 g/mol. The Hall–Kier alpha value is -3.23. The normalized spacial score (nSPS) is 11.5. The highest BCUT2D eigenvalue weighted by molar-refractivity contribution is 7.81. The standard InChI is InChI=1S/C19H17N3O4S/c1-26-16-8-6-15(7-9-16)22(27(24)25)18-5-3-2-4-17(18)19(23)21-14-10-12-20-13-11-14/h2-13H,1H3,(H,24,25)(H,20,21,23)/p-1. The van der Waals surface area contributed by atoms with E-state index in [4.69, 9.17) is 4.74 Å². The number of rotatable bonds is 6. The van der Waals surface area contributed by atoms with E-state index in [1.807, 2.05) is 0 Å². The van der Waals surface area contributed by atoms with E-state index >= 15 is 0 Å². The number of carbonyl (C=O) groups is 1. The van der Waals surface area contributed by atoms with Gasteiger partial charge in [-0.15, -0.1) is 0 Å². The number of nitrogens with one attached hydrogen (secondary N) is 1. The summed E-state index contributed by atoms with van der Waals surface area (Å²) in [6.07, 6.45) is 3.11. The van der Waals surface area contributed by atoms with Crippen LogP contribution >= 0.6 is 0 Å². The Morgan fingerprint density at radius 2 is 1.74 bits per heavy atom. The summed E-state index contributed by atoms with van der Waals surface area (Å²) in [6, 6.07) is 16.3. The minimum atomic E-state index is -2.63. The fourth-order valence-electron chi connectivity index (χ4n) is 2.50. The van der Waals surface area contributed by atoms with Gasteiger partial charge in [0.25, 0.3) is 5.91 Å². The van der Waals surface area contributed by atoms with Gasteiger partial charge in [-0.1, -0.05) is 12.1 Å². The van der Waals surface area contributed by atoms with Crippen molar-refractivity contribution in [1.82, 2.24) is 4.98 Å². The fraction of sp³-hybridized carbons (Fsp3) is 0.0526. The number of carbonyl (C=O) groups excluding carboxylic acids is 1. The lowest BCUT2D eigenvalue weighted by Gasteiger charge is -2.28. The molecule has 2 aromatic carbocycles. The lowest BCUT2D eigenvalue weighted by Crippen LogP contribution is -2.23. The number of aromatic nitrogens is 1. The molecule has 1 unspecified atom stereocenters. The fourth-order valence-corrected chi connectivity index (χ4v) is 3.11. The summed E-state index contributed by atoms with van der Waals surface area (Å²) in [5, 5.41) is 2.74. The minimum absolute atomic E-state index is 0.217. The molecule has 1 atom stereocenters. The second kappa shape index (κ2) is 8.43. The predicted octanol–water partition coefficient (Wildman–Crippen LogP) is 3.27. The molecule has 0 aliphatic rings. The number of nitrogens with zero attached hydrogens (tertiary/aromatic N) is 2. The minimum Gasteiger partial charge on any atom is -0.755 e. The lowest BCUT2D eigenvalue weighted by atomic mass is 10.1. The van der Waals surface area contributed by atoms with Crippen LogP contribution in [0, 0.1) is 0 Å². The molecular weight excluding hydrogens is 366 g/mol. The molecule has 1 heterocycles. The lowest BCUT2D eigenvalue weighted by molar-refractivity contribution is 0.102. The number of para-hydroxylation sites is 1. The van der Waals surface area contributed by atoms with Crippen LogP contribution in [0.25, 0.3) is 0 Å². The number of methoxy groups -OCH3 is 1. The first kappa shape index (κ1) is 18.6. The number of amides is 1. The Morgan fingerprint density at radius 1 is 1.07 bits per heavy atom. The summed E-state index contributed by atoms with van der Waals surface area (Å²) < 4.78 is 30.0. The maximum Gasteiger partial charge on any atom is 0.257 e. The molecule has 0 bridgehead atoms. The zero-order valence-electron chi connectivity index (χ0n) is 14.4. The highest BCUT2D eigenvalue weighted by Gasteiger charge is 2.19.